The molecule has 0 N–H and O–H groups in total. The Hall–Kier alpha value is -5.97. The second-order valence-electron chi connectivity index (χ2n) is 11.6. The van der Waals surface area contributed by atoms with E-state index in [4.69, 9.17) is 15.0 Å². The second kappa shape index (κ2) is 11.4. The van der Waals surface area contributed by atoms with Crippen LogP contribution >= 0.6 is 11.3 Å². The highest BCUT2D eigenvalue weighted by molar-refractivity contribution is 7.26. The minimum atomic E-state index is 0.663. The van der Waals surface area contributed by atoms with Crippen LogP contribution in [0.15, 0.2) is 164 Å². The van der Waals surface area contributed by atoms with Gasteiger partial charge in [0.15, 0.2) is 17.5 Å². The molecule has 0 saturated heterocycles. The molecule has 0 amide bonds. The van der Waals surface area contributed by atoms with Crippen molar-refractivity contribution in [3.8, 4) is 56.4 Å². The van der Waals surface area contributed by atoms with Crippen LogP contribution in [0, 0.1) is 0 Å². The molecular formula is C43H27N3S. The van der Waals surface area contributed by atoms with Gasteiger partial charge in [-0.2, -0.15) is 0 Å². The second-order valence-corrected chi connectivity index (χ2v) is 12.7. The van der Waals surface area contributed by atoms with Crippen molar-refractivity contribution in [2.75, 3.05) is 0 Å². The highest BCUT2D eigenvalue weighted by Gasteiger charge is 2.16. The predicted octanol–water partition coefficient (Wildman–Crippen LogP) is 11.7. The summed E-state index contributed by atoms with van der Waals surface area (Å²) < 4.78 is 2.47. The fourth-order valence-corrected chi connectivity index (χ4v) is 7.61. The summed E-state index contributed by atoms with van der Waals surface area (Å²) in [5, 5.41) is 4.80. The molecule has 7 aromatic carbocycles. The van der Waals surface area contributed by atoms with Gasteiger partial charge in [0, 0.05) is 36.9 Å². The number of thiophene rings is 1. The van der Waals surface area contributed by atoms with Gasteiger partial charge in [-0.1, -0.05) is 152 Å². The number of benzene rings is 7. The molecule has 0 aliphatic carbocycles. The number of rotatable bonds is 5. The molecule has 47 heavy (non-hydrogen) atoms. The smallest absolute Gasteiger partial charge is 0.164 e. The van der Waals surface area contributed by atoms with Gasteiger partial charge < -0.3 is 0 Å². The van der Waals surface area contributed by atoms with Crippen molar-refractivity contribution in [3.05, 3.63) is 164 Å². The Kier molecular flexibility index (Phi) is 6.65. The van der Waals surface area contributed by atoms with E-state index in [0.717, 1.165) is 27.5 Å². The number of hydrogen-bond acceptors (Lipinski definition) is 4. The van der Waals surface area contributed by atoms with Crippen LogP contribution in [0.2, 0.25) is 0 Å². The van der Waals surface area contributed by atoms with E-state index >= 15 is 0 Å². The fraction of sp³-hybridized carbons (Fsp3) is 0. The van der Waals surface area contributed by atoms with E-state index in [1.165, 1.54) is 42.4 Å². The van der Waals surface area contributed by atoms with Crippen LogP contribution in [0.1, 0.15) is 0 Å². The summed E-state index contributed by atoms with van der Waals surface area (Å²) in [5.74, 6) is 2.00. The maximum absolute atomic E-state index is 5.09. The van der Waals surface area contributed by atoms with Crippen molar-refractivity contribution < 1.29 is 0 Å². The van der Waals surface area contributed by atoms with Gasteiger partial charge in [0.25, 0.3) is 0 Å². The number of aromatic nitrogens is 3. The monoisotopic (exact) mass is 617 g/mol. The maximum atomic E-state index is 5.09. The van der Waals surface area contributed by atoms with E-state index in [-0.39, 0.29) is 0 Å². The summed E-state index contributed by atoms with van der Waals surface area (Å²) in [5.41, 5.74) is 7.83. The first-order valence-electron chi connectivity index (χ1n) is 15.7. The number of nitrogens with zero attached hydrogens (tertiary/aromatic N) is 3. The van der Waals surface area contributed by atoms with Gasteiger partial charge in [-0.25, -0.2) is 15.0 Å². The Labute approximate surface area is 276 Å². The Balaban J connectivity index is 1.18. The lowest BCUT2D eigenvalue weighted by Crippen LogP contribution is -2.00. The molecule has 0 aliphatic heterocycles. The topological polar surface area (TPSA) is 38.7 Å². The summed E-state index contributed by atoms with van der Waals surface area (Å²) >= 11 is 1.81. The summed E-state index contributed by atoms with van der Waals surface area (Å²) in [6, 6.07) is 57.5. The SMILES string of the molecule is c1ccc(-c2ccc(-c3cccc4sc5cc(-c6nc(-c7ccccc7)nc(-c7cccc8ccccc78)n6)ccc5c34)cc2)cc1. The average Bonchev–Trinajstić information content (AvgIpc) is 3.53. The molecule has 0 aliphatic rings. The Bertz CT molecular complexity index is 2550. The zero-order chi connectivity index (χ0) is 31.2. The van der Waals surface area contributed by atoms with Gasteiger partial charge in [-0.05, 0) is 45.2 Å². The van der Waals surface area contributed by atoms with E-state index in [1.54, 1.807) is 0 Å². The molecular weight excluding hydrogens is 591 g/mol. The average molecular weight is 618 g/mol. The molecule has 2 aromatic heterocycles. The Morgan fingerprint density at radius 2 is 0.915 bits per heavy atom. The summed E-state index contributed by atoms with van der Waals surface area (Å²) in [6.45, 7) is 0. The summed E-state index contributed by atoms with van der Waals surface area (Å²) in [7, 11) is 0. The van der Waals surface area contributed by atoms with Crippen molar-refractivity contribution in [3.63, 3.8) is 0 Å². The molecule has 9 rings (SSSR count). The zero-order valence-electron chi connectivity index (χ0n) is 25.3. The molecule has 2 heterocycles. The third kappa shape index (κ3) is 4.96. The van der Waals surface area contributed by atoms with Crippen LogP contribution < -0.4 is 0 Å². The van der Waals surface area contributed by atoms with Crippen molar-refractivity contribution in [2.24, 2.45) is 0 Å². The third-order valence-electron chi connectivity index (χ3n) is 8.76. The minimum absolute atomic E-state index is 0.663. The Morgan fingerprint density at radius 3 is 1.72 bits per heavy atom. The zero-order valence-corrected chi connectivity index (χ0v) is 26.2. The lowest BCUT2D eigenvalue weighted by molar-refractivity contribution is 1.08. The molecule has 0 saturated carbocycles. The van der Waals surface area contributed by atoms with E-state index in [1.807, 2.05) is 29.5 Å². The highest BCUT2D eigenvalue weighted by atomic mass is 32.1. The van der Waals surface area contributed by atoms with Gasteiger partial charge in [0.05, 0.1) is 0 Å². The van der Waals surface area contributed by atoms with E-state index < -0.39 is 0 Å². The normalized spacial score (nSPS) is 11.4. The molecule has 0 spiro atoms. The first kappa shape index (κ1) is 27.3. The van der Waals surface area contributed by atoms with Crippen LogP contribution in [0.25, 0.3) is 87.4 Å². The largest absolute Gasteiger partial charge is 0.208 e. The van der Waals surface area contributed by atoms with Crippen molar-refractivity contribution >= 4 is 42.3 Å². The first-order chi connectivity index (χ1) is 23.3. The van der Waals surface area contributed by atoms with Crippen LogP contribution in [0.5, 0.6) is 0 Å². The van der Waals surface area contributed by atoms with Crippen molar-refractivity contribution in [2.45, 2.75) is 0 Å². The van der Waals surface area contributed by atoms with Crippen LogP contribution in [0.3, 0.4) is 0 Å². The molecule has 0 fully saturated rings. The maximum Gasteiger partial charge on any atom is 0.164 e. The lowest BCUT2D eigenvalue weighted by Gasteiger charge is -2.10. The van der Waals surface area contributed by atoms with Gasteiger partial charge in [0.2, 0.25) is 0 Å². The van der Waals surface area contributed by atoms with Crippen LogP contribution in [0.4, 0.5) is 0 Å². The quantitative estimate of drug-likeness (QED) is 0.193. The Morgan fingerprint density at radius 1 is 0.340 bits per heavy atom. The molecule has 9 aromatic rings. The van der Waals surface area contributed by atoms with Gasteiger partial charge in [-0.3, -0.25) is 0 Å². The molecule has 0 unspecified atom stereocenters. The molecule has 0 bridgehead atoms. The van der Waals surface area contributed by atoms with E-state index in [9.17, 15) is 0 Å². The summed E-state index contributed by atoms with van der Waals surface area (Å²) in [6.07, 6.45) is 0. The van der Waals surface area contributed by atoms with Crippen molar-refractivity contribution in [1.29, 1.82) is 0 Å². The first-order valence-corrected chi connectivity index (χ1v) is 16.5. The van der Waals surface area contributed by atoms with E-state index in [0.29, 0.717) is 17.5 Å². The van der Waals surface area contributed by atoms with Gasteiger partial charge in [-0.15, -0.1) is 11.3 Å². The third-order valence-corrected chi connectivity index (χ3v) is 9.87. The van der Waals surface area contributed by atoms with Crippen LogP contribution in [-0.4, -0.2) is 15.0 Å². The highest BCUT2D eigenvalue weighted by Crippen LogP contribution is 2.42. The fourth-order valence-electron chi connectivity index (χ4n) is 6.44. The number of fused-ring (bicyclic) bond motifs is 4. The predicted molar refractivity (Wildman–Crippen MR) is 197 cm³/mol. The molecule has 0 radical (unpaired) electrons. The summed E-state index contributed by atoms with van der Waals surface area (Å²) in [4.78, 5) is 15.1. The lowest BCUT2D eigenvalue weighted by atomic mass is 9.97. The van der Waals surface area contributed by atoms with Crippen molar-refractivity contribution in [1.82, 2.24) is 15.0 Å². The number of hydrogen-bond donors (Lipinski definition) is 0. The molecule has 220 valence electrons. The molecule has 0 atom stereocenters. The van der Waals surface area contributed by atoms with Crippen LogP contribution in [-0.2, 0) is 0 Å². The van der Waals surface area contributed by atoms with Gasteiger partial charge >= 0.3 is 0 Å². The minimum Gasteiger partial charge on any atom is -0.208 e. The standard InChI is InChI=1S/C43H27N3S/c1-3-11-28(12-4-1)29-21-23-31(24-22-29)35-18-10-20-38-40(35)37-26-25-33(27-39(37)47-38)42-44-41(32-14-5-2-6-15-32)45-43(46-42)36-19-9-16-30-13-7-8-17-34(30)36/h1-27H. The van der Waals surface area contributed by atoms with E-state index in [2.05, 4.69) is 146 Å². The molecule has 3 nitrogen and oxygen atoms in total. The molecule has 4 heteroatoms. The van der Waals surface area contributed by atoms with Gasteiger partial charge in [0.1, 0.15) is 0 Å².